The molecule has 9 heteroatoms. The number of hydrogen-bond acceptors (Lipinski definition) is 8. The average molecular weight is 305 g/mol. The first-order chi connectivity index (χ1) is 9.06. The van der Waals surface area contributed by atoms with Gasteiger partial charge in [0.2, 0.25) is 5.13 Å². The van der Waals surface area contributed by atoms with Crippen molar-refractivity contribution in [3.8, 4) is 0 Å². The van der Waals surface area contributed by atoms with Crippen LogP contribution in [0.1, 0.15) is 13.8 Å². The molecule has 0 aliphatic carbocycles. The third kappa shape index (κ3) is 5.53. The number of ether oxygens (including phenoxy) is 2. The van der Waals surface area contributed by atoms with Crippen LogP contribution in [0.5, 0.6) is 0 Å². The molecule has 7 nitrogen and oxygen atoms in total. The van der Waals surface area contributed by atoms with Crippen LogP contribution in [0.4, 0.5) is 5.13 Å². The van der Waals surface area contributed by atoms with Crippen LogP contribution in [0, 0.1) is 0 Å². The van der Waals surface area contributed by atoms with Gasteiger partial charge >= 0.3 is 5.97 Å². The third-order valence-corrected chi connectivity index (χ3v) is 3.83. The number of amides is 1. The Morgan fingerprint density at radius 3 is 2.84 bits per heavy atom. The van der Waals surface area contributed by atoms with Crippen LogP contribution >= 0.6 is 23.1 Å². The summed E-state index contributed by atoms with van der Waals surface area (Å²) in [6.45, 7) is 3.79. The summed E-state index contributed by atoms with van der Waals surface area (Å²) in [6, 6.07) is 0. The fourth-order valence-corrected chi connectivity index (χ4v) is 2.96. The van der Waals surface area contributed by atoms with Crippen molar-refractivity contribution < 1.29 is 19.1 Å². The molecule has 1 heterocycles. The summed E-state index contributed by atoms with van der Waals surface area (Å²) in [4.78, 5) is 22.7. The Morgan fingerprint density at radius 1 is 1.47 bits per heavy atom. The maximum atomic E-state index is 11.4. The third-order valence-electron chi connectivity index (χ3n) is 1.82. The van der Waals surface area contributed by atoms with Crippen molar-refractivity contribution >= 4 is 40.1 Å². The van der Waals surface area contributed by atoms with Gasteiger partial charge < -0.3 is 9.47 Å². The maximum absolute atomic E-state index is 11.4. The Labute approximate surface area is 119 Å². The van der Waals surface area contributed by atoms with Gasteiger partial charge in [0.05, 0.1) is 6.61 Å². The summed E-state index contributed by atoms with van der Waals surface area (Å²) in [5, 5.41) is 10.2. The van der Waals surface area contributed by atoms with Crippen LogP contribution in [-0.2, 0) is 19.1 Å². The lowest BCUT2D eigenvalue weighted by Crippen LogP contribution is -2.16. The molecule has 1 aromatic heterocycles. The number of nitrogens with one attached hydrogen (secondary N) is 1. The van der Waals surface area contributed by atoms with E-state index in [1.54, 1.807) is 13.8 Å². The summed E-state index contributed by atoms with van der Waals surface area (Å²) in [7, 11) is 1.43. The fourth-order valence-electron chi connectivity index (χ4n) is 1.05. The molecule has 1 amide bonds. The van der Waals surface area contributed by atoms with Gasteiger partial charge in [0, 0.05) is 7.11 Å². The smallest absolute Gasteiger partial charge is 0.319 e. The van der Waals surface area contributed by atoms with E-state index in [1.807, 2.05) is 0 Å². The molecule has 1 atom stereocenters. The van der Waals surface area contributed by atoms with Gasteiger partial charge in [0.25, 0.3) is 5.91 Å². The second kappa shape index (κ2) is 8.08. The van der Waals surface area contributed by atoms with Crippen molar-refractivity contribution in [3.63, 3.8) is 0 Å². The summed E-state index contributed by atoms with van der Waals surface area (Å²) in [5.74, 6) is -0.596. The number of methoxy groups -OCH3 is 1. The minimum Gasteiger partial charge on any atom is -0.465 e. The first-order valence-electron chi connectivity index (χ1n) is 5.52. The Hall–Kier alpha value is -1.19. The number of thioether (sulfide) groups is 1. The van der Waals surface area contributed by atoms with E-state index in [4.69, 9.17) is 4.74 Å². The zero-order valence-corrected chi connectivity index (χ0v) is 12.5. The quantitative estimate of drug-likeness (QED) is 0.459. The predicted molar refractivity (Wildman–Crippen MR) is 72.4 cm³/mol. The van der Waals surface area contributed by atoms with E-state index in [0.29, 0.717) is 16.1 Å². The van der Waals surface area contributed by atoms with E-state index in [0.717, 1.165) is 0 Å². The van der Waals surface area contributed by atoms with Crippen LogP contribution in [0.15, 0.2) is 4.34 Å². The van der Waals surface area contributed by atoms with Gasteiger partial charge in [-0.1, -0.05) is 23.1 Å². The van der Waals surface area contributed by atoms with Crippen LogP contribution in [0.2, 0.25) is 0 Å². The van der Waals surface area contributed by atoms with Gasteiger partial charge in [-0.2, -0.15) is 0 Å². The second-order valence-electron chi connectivity index (χ2n) is 3.37. The highest BCUT2D eigenvalue weighted by molar-refractivity contribution is 8.02. The first kappa shape index (κ1) is 15.9. The normalized spacial score (nSPS) is 11.9. The lowest BCUT2D eigenvalue weighted by molar-refractivity contribution is -0.142. The molecule has 0 fully saturated rings. The zero-order valence-electron chi connectivity index (χ0n) is 10.8. The standard InChI is InChI=1S/C10H15N3O4S2/c1-4-17-8(15)6(2)18-10-13-12-9(19-10)11-7(14)5-16-3/h6H,4-5H2,1-3H3,(H,11,12,14)/t6-/m0/s1. The Balaban J connectivity index is 2.50. The molecule has 1 aromatic rings. The number of anilines is 1. The number of esters is 1. The molecule has 1 rings (SSSR count). The van der Waals surface area contributed by atoms with Gasteiger partial charge in [-0.25, -0.2) is 0 Å². The van der Waals surface area contributed by atoms with Crippen LogP contribution in [-0.4, -0.2) is 47.6 Å². The molecular formula is C10H15N3O4S2. The molecule has 19 heavy (non-hydrogen) atoms. The van der Waals surface area contributed by atoms with E-state index >= 15 is 0 Å². The van der Waals surface area contributed by atoms with Crippen LogP contribution in [0.3, 0.4) is 0 Å². The van der Waals surface area contributed by atoms with Crippen molar-refractivity contribution in [2.24, 2.45) is 0 Å². The molecule has 0 aromatic carbocycles. The fraction of sp³-hybridized carbons (Fsp3) is 0.600. The van der Waals surface area contributed by atoms with Crippen molar-refractivity contribution in [2.75, 3.05) is 25.6 Å². The molecule has 0 bridgehead atoms. The van der Waals surface area contributed by atoms with Crippen LogP contribution in [0.25, 0.3) is 0 Å². The molecule has 0 saturated carbocycles. The van der Waals surface area contributed by atoms with E-state index < -0.39 is 0 Å². The molecule has 0 radical (unpaired) electrons. The lowest BCUT2D eigenvalue weighted by atomic mass is 10.5. The van der Waals surface area contributed by atoms with Gasteiger partial charge in [0.1, 0.15) is 11.9 Å². The summed E-state index contributed by atoms with van der Waals surface area (Å²) in [5.41, 5.74) is 0. The largest absolute Gasteiger partial charge is 0.465 e. The Bertz CT molecular complexity index is 438. The lowest BCUT2D eigenvalue weighted by Gasteiger charge is -2.06. The predicted octanol–water partition coefficient (Wildman–Crippen LogP) is 1.17. The minimum absolute atomic E-state index is 0.0404. The summed E-state index contributed by atoms with van der Waals surface area (Å²) < 4.78 is 10.2. The average Bonchev–Trinajstić information content (AvgIpc) is 2.77. The highest BCUT2D eigenvalue weighted by atomic mass is 32.2. The van der Waals surface area contributed by atoms with Crippen molar-refractivity contribution in [2.45, 2.75) is 23.4 Å². The zero-order chi connectivity index (χ0) is 14.3. The number of nitrogens with zero attached hydrogens (tertiary/aromatic N) is 2. The molecular weight excluding hydrogens is 290 g/mol. The van der Waals surface area contributed by atoms with Gasteiger partial charge in [-0.05, 0) is 13.8 Å². The van der Waals surface area contributed by atoms with Gasteiger partial charge in [0.15, 0.2) is 4.34 Å². The van der Waals surface area contributed by atoms with Crippen molar-refractivity contribution in [1.29, 1.82) is 0 Å². The molecule has 0 aliphatic heterocycles. The number of rotatable bonds is 7. The second-order valence-corrected chi connectivity index (χ2v) is 5.93. The highest BCUT2D eigenvalue weighted by Crippen LogP contribution is 2.29. The van der Waals surface area contributed by atoms with Crippen LogP contribution < -0.4 is 5.32 Å². The number of hydrogen-bond donors (Lipinski definition) is 1. The van der Waals surface area contributed by atoms with Crippen molar-refractivity contribution in [1.82, 2.24) is 10.2 Å². The first-order valence-corrected chi connectivity index (χ1v) is 7.22. The van der Waals surface area contributed by atoms with Gasteiger partial charge in [-0.15, -0.1) is 10.2 Å². The summed E-state index contributed by atoms with van der Waals surface area (Å²) in [6.07, 6.45) is 0. The topological polar surface area (TPSA) is 90.4 Å². The molecule has 0 saturated heterocycles. The number of aromatic nitrogens is 2. The molecule has 0 unspecified atom stereocenters. The molecule has 1 N–H and O–H groups in total. The highest BCUT2D eigenvalue weighted by Gasteiger charge is 2.18. The van der Waals surface area contributed by atoms with E-state index in [2.05, 4.69) is 20.3 Å². The molecule has 0 aliphatic rings. The molecule has 0 spiro atoms. The van der Waals surface area contributed by atoms with Crippen molar-refractivity contribution in [3.05, 3.63) is 0 Å². The molecule has 106 valence electrons. The number of carbonyl (C=O) groups excluding carboxylic acids is 2. The summed E-state index contributed by atoms with van der Waals surface area (Å²) >= 11 is 2.44. The Kier molecular flexibility index (Phi) is 6.74. The van der Waals surface area contributed by atoms with E-state index in [1.165, 1.54) is 30.2 Å². The van der Waals surface area contributed by atoms with E-state index in [-0.39, 0.29) is 23.7 Å². The Morgan fingerprint density at radius 2 is 2.21 bits per heavy atom. The van der Waals surface area contributed by atoms with Gasteiger partial charge in [-0.3, -0.25) is 14.9 Å². The monoisotopic (exact) mass is 305 g/mol. The minimum atomic E-state index is -0.365. The SMILES string of the molecule is CCOC(=O)[C@H](C)Sc1nnc(NC(=O)COC)s1. The number of carbonyl (C=O) groups is 2. The maximum Gasteiger partial charge on any atom is 0.319 e. The van der Waals surface area contributed by atoms with E-state index in [9.17, 15) is 9.59 Å².